The van der Waals surface area contributed by atoms with Crippen LogP contribution in [0.4, 0.5) is 0 Å². The SMILES string of the molecule is CCCC1(Cc2ccc(Cl)cc2)CCCN1. The Labute approximate surface area is 103 Å². The van der Waals surface area contributed by atoms with E-state index in [1.807, 2.05) is 12.1 Å². The van der Waals surface area contributed by atoms with Crippen molar-refractivity contribution in [1.82, 2.24) is 5.32 Å². The van der Waals surface area contributed by atoms with E-state index in [-0.39, 0.29) is 0 Å². The van der Waals surface area contributed by atoms with Crippen molar-refractivity contribution in [3.63, 3.8) is 0 Å². The standard InChI is InChI=1S/C14H20ClN/c1-2-8-14(9-3-10-16-14)11-12-4-6-13(15)7-5-12/h4-7,16H,2-3,8-11H2,1H3. The van der Waals surface area contributed by atoms with Crippen LogP contribution in [0, 0.1) is 0 Å². The molecule has 1 aromatic rings. The molecule has 1 aliphatic heterocycles. The summed E-state index contributed by atoms with van der Waals surface area (Å²) in [4.78, 5) is 0. The maximum Gasteiger partial charge on any atom is 0.0406 e. The molecule has 1 nitrogen and oxygen atoms in total. The minimum absolute atomic E-state index is 0.350. The van der Waals surface area contributed by atoms with E-state index in [1.165, 1.54) is 37.8 Å². The van der Waals surface area contributed by atoms with E-state index in [2.05, 4.69) is 24.4 Å². The Bertz CT molecular complexity index is 325. The van der Waals surface area contributed by atoms with Crippen LogP contribution in [0.25, 0.3) is 0 Å². The molecule has 1 saturated heterocycles. The van der Waals surface area contributed by atoms with Gasteiger partial charge in [0, 0.05) is 10.6 Å². The molecule has 1 aromatic carbocycles. The van der Waals surface area contributed by atoms with Crippen LogP contribution in [-0.4, -0.2) is 12.1 Å². The average Bonchev–Trinajstić information content (AvgIpc) is 2.71. The lowest BCUT2D eigenvalue weighted by molar-refractivity contribution is 0.342. The van der Waals surface area contributed by atoms with Crippen LogP contribution in [-0.2, 0) is 6.42 Å². The van der Waals surface area contributed by atoms with Gasteiger partial charge in [0.1, 0.15) is 0 Å². The number of hydrogen-bond donors (Lipinski definition) is 1. The molecule has 88 valence electrons. The number of halogens is 1. The molecular weight excluding hydrogens is 218 g/mol. The zero-order valence-corrected chi connectivity index (χ0v) is 10.7. The van der Waals surface area contributed by atoms with Crippen molar-refractivity contribution in [3.05, 3.63) is 34.9 Å². The fourth-order valence-electron chi connectivity index (χ4n) is 2.79. The van der Waals surface area contributed by atoms with Crippen molar-refractivity contribution >= 4 is 11.6 Å². The number of nitrogens with one attached hydrogen (secondary N) is 1. The first kappa shape index (κ1) is 11.9. The van der Waals surface area contributed by atoms with E-state index in [4.69, 9.17) is 11.6 Å². The molecule has 1 N–H and O–H groups in total. The molecule has 2 rings (SSSR count). The zero-order chi connectivity index (χ0) is 11.4. The molecule has 0 aliphatic carbocycles. The van der Waals surface area contributed by atoms with E-state index in [1.54, 1.807) is 0 Å². The third kappa shape index (κ3) is 2.78. The van der Waals surface area contributed by atoms with Crippen LogP contribution >= 0.6 is 11.6 Å². The van der Waals surface area contributed by atoms with Gasteiger partial charge in [-0.1, -0.05) is 37.1 Å². The fourth-order valence-corrected chi connectivity index (χ4v) is 2.92. The molecule has 0 amide bonds. The predicted molar refractivity (Wildman–Crippen MR) is 70.0 cm³/mol. The Balaban J connectivity index is 2.08. The number of hydrogen-bond acceptors (Lipinski definition) is 1. The van der Waals surface area contributed by atoms with Crippen molar-refractivity contribution in [1.29, 1.82) is 0 Å². The second-order valence-electron chi connectivity index (χ2n) is 4.86. The predicted octanol–water partition coefficient (Wildman–Crippen LogP) is 3.80. The van der Waals surface area contributed by atoms with E-state index in [9.17, 15) is 0 Å². The topological polar surface area (TPSA) is 12.0 Å². The third-order valence-corrected chi connectivity index (χ3v) is 3.77. The molecule has 1 fully saturated rings. The van der Waals surface area contributed by atoms with Crippen LogP contribution in [0.5, 0.6) is 0 Å². The molecule has 0 aromatic heterocycles. The van der Waals surface area contributed by atoms with Gasteiger partial charge in [0.2, 0.25) is 0 Å². The Hall–Kier alpha value is -0.530. The van der Waals surface area contributed by atoms with Crippen molar-refractivity contribution in [2.24, 2.45) is 0 Å². The second-order valence-corrected chi connectivity index (χ2v) is 5.30. The summed E-state index contributed by atoms with van der Waals surface area (Å²) in [6, 6.07) is 8.29. The van der Waals surface area contributed by atoms with Gasteiger partial charge in [0.15, 0.2) is 0 Å². The van der Waals surface area contributed by atoms with Crippen molar-refractivity contribution in [2.75, 3.05) is 6.54 Å². The van der Waals surface area contributed by atoms with Gasteiger partial charge in [-0.15, -0.1) is 0 Å². The van der Waals surface area contributed by atoms with Gasteiger partial charge < -0.3 is 5.32 Å². The highest BCUT2D eigenvalue weighted by Gasteiger charge is 2.32. The maximum atomic E-state index is 5.91. The summed E-state index contributed by atoms with van der Waals surface area (Å²) >= 11 is 5.91. The smallest absolute Gasteiger partial charge is 0.0406 e. The summed E-state index contributed by atoms with van der Waals surface area (Å²) in [6.07, 6.45) is 6.28. The minimum Gasteiger partial charge on any atom is -0.311 e. The first-order valence-electron chi connectivity index (χ1n) is 6.24. The third-order valence-electron chi connectivity index (χ3n) is 3.52. The van der Waals surface area contributed by atoms with Gasteiger partial charge >= 0.3 is 0 Å². The largest absolute Gasteiger partial charge is 0.311 e. The van der Waals surface area contributed by atoms with Gasteiger partial charge in [-0.3, -0.25) is 0 Å². The number of rotatable bonds is 4. The van der Waals surface area contributed by atoms with E-state index >= 15 is 0 Å². The molecule has 1 unspecified atom stereocenters. The number of benzene rings is 1. The first-order valence-corrected chi connectivity index (χ1v) is 6.61. The molecule has 0 bridgehead atoms. The van der Waals surface area contributed by atoms with Crippen molar-refractivity contribution in [2.45, 2.75) is 44.6 Å². The maximum absolute atomic E-state index is 5.91. The Morgan fingerprint density at radius 3 is 2.62 bits per heavy atom. The molecule has 1 atom stereocenters. The van der Waals surface area contributed by atoms with Crippen LogP contribution < -0.4 is 5.32 Å². The highest BCUT2D eigenvalue weighted by molar-refractivity contribution is 6.30. The summed E-state index contributed by atoms with van der Waals surface area (Å²) in [5.74, 6) is 0. The summed E-state index contributed by atoms with van der Waals surface area (Å²) in [7, 11) is 0. The lowest BCUT2D eigenvalue weighted by Crippen LogP contribution is -2.41. The normalized spacial score (nSPS) is 24.9. The monoisotopic (exact) mass is 237 g/mol. The summed E-state index contributed by atoms with van der Waals surface area (Å²) in [5.41, 5.74) is 1.75. The highest BCUT2D eigenvalue weighted by atomic mass is 35.5. The molecule has 1 aliphatic rings. The molecule has 0 spiro atoms. The minimum atomic E-state index is 0.350. The van der Waals surface area contributed by atoms with Gasteiger partial charge in [-0.2, -0.15) is 0 Å². The average molecular weight is 238 g/mol. The van der Waals surface area contributed by atoms with E-state index < -0.39 is 0 Å². The second kappa shape index (κ2) is 5.20. The van der Waals surface area contributed by atoms with Crippen molar-refractivity contribution < 1.29 is 0 Å². The van der Waals surface area contributed by atoms with E-state index in [0.29, 0.717) is 5.54 Å². The summed E-state index contributed by atoms with van der Waals surface area (Å²) in [5, 5.41) is 4.53. The Morgan fingerprint density at radius 2 is 2.06 bits per heavy atom. The van der Waals surface area contributed by atoms with Crippen LogP contribution in [0.15, 0.2) is 24.3 Å². The van der Waals surface area contributed by atoms with Crippen LogP contribution in [0.1, 0.15) is 38.2 Å². The Kier molecular flexibility index (Phi) is 3.88. The molecule has 1 heterocycles. The summed E-state index contributed by atoms with van der Waals surface area (Å²) in [6.45, 7) is 3.44. The van der Waals surface area contributed by atoms with E-state index in [0.717, 1.165) is 11.4 Å². The quantitative estimate of drug-likeness (QED) is 0.840. The fraction of sp³-hybridized carbons (Fsp3) is 0.571. The molecule has 16 heavy (non-hydrogen) atoms. The van der Waals surface area contributed by atoms with Gasteiger partial charge in [0.25, 0.3) is 0 Å². The molecule has 0 saturated carbocycles. The first-order chi connectivity index (χ1) is 7.74. The lowest BCUT2D eigenvalue weighted by atomic mass is 9.85. The molecular formula is C14H20ClN. The Morgan fingerprint density at radius 1 is 1.31 bits per heavy atom. The van der Waals surface area contributed by atoms with Crippen LogP contribution in [0.2, 0.25) is 5.02 Å². The van der Waals surface area contributed by atoms with Gasteiger partial charge in [-0.05, 0) is 49.9 Å². The van der Waals surface area contributed by atoms with Crippen LogP contribution in [0.3, 0.4) is 0 Å². The summed E-state index contributed by atoms with van der Waals surface area (Å²) < 4.78 is 0. The zero-order valence-electron chi connectivity index (χ0n) is 9.93. The highest BCUT2D eigenvalue weighted by Crippen LogP contribution is 2.29. The van der Waals surface area contributed by atoms with Crippen molar-refractivity contribution in [3.8, 4) is 0 Å². The molecule has 0 radical (unpaired) electrons. The lowest BCUT2D eigenvalue weighted by Gasteiger charge is -2.29. The van der Waals surface area contributed by atoms with Gasteiger partial charge in [-0.25, -0.2) is 0 Å². The van der Waals surface area contributed by atoms with Gasteiger partial charge in [0.05, 0.1) is 0 Å². The molecule has 2 heteroatoms.